The third-order valence-electron chi connectivity index (χ3n) is 5.13. The highest BCUT2D eigenvalue weighted by atomic mass is 16.7. The Balaban J connectivity index is 1.60. The number of fused-ring (bicyclic) bond motifs is 1. The fourth-order valence-corrected chi connectivity index (χ4v) is 3.43. The van der Waals surface area contributed by atoms with Crippen molar-refractivity contribution in [2.75, 3.05) is 13.3 Å². The minimum atomic E-state index is -0.727. The van der Waals surface area contributed by atoms with E-state index in [9.17, 15) is 9.59 Å². The summed E-state index contributed by atoms with van der Waals surface area (Å²) in [5, 5.41) is 4.47. The van der Waals surface area contributed by atoms with E-state index in [1.54, 1.807) is 17.9 Å². The number of rotatable bonds is 6. The average molecular weight is 405 g/mol. The van der Waals surface area contributed by atoms with Crippen molar-refractivity contribution in [1.82, 2.24) is 14.7 Å². The van der Waals surface area contributed by atoms with Gasteiger partial charge >= 0.3 is 0 Å². The first-order valence-electron chi connectivity index (χ1n) is 9.89. The number of aromatic nitrogens is 2. The molecule has 0 fully saturated rings. The Bertz CT molecular complexity index is 1110. The Hall–Kier alpha value is -3.61. The molecule has 1 unspecified atom stereocenters. The Morgan fingerprint density at radius 1 is 1.10 bits per heavy atom. The van der Waals surface area contributed by atoms with Crippen molar-refractivity contribution in [1.29, 1.82) is 0 Å². The Morgan fingerprint density at radius 2 is 1.87 bits per heavy atom. The fraction of sp³-hybridized carbons (Fsp3) is 0.261. The maximum atomic E-state index is 13.1. The van der Waals surface area contributed by atoms with Gasteiger partial charge in [0.05, 0.1) is 5.69 Å². The lowest BCUT2D eigenvalue weighted by molar-refractivity contribution is -0.135. The van der Waals surface area contributed by atoms with Gasteiger partial charge in [0.1, 0.15) is 6.04 Å². The van der Waals surface area contributed by atoms with Gasteiger partial charge in [-0.05, 0) is 43.7 Å². The first-order valence-corrected chi connectivity index (χ1v) is 9.89. The minimum absolute atomic E-state index is 0.154. The highest BCUT2D eigenvalue weighted by molar-refractivity contribution is 5.80. The van der Waals surface area contributed by atoms with Crippen LogP contribution in [0, 0.1) is 0 Å². The zero-order chi connectivity index (χ0) is 21.1. The van der Waals surface area contributed by atoms with Crippen molar-refractivity contribution < 1.29 is 14.3 Å². The summed E-state index contributed by atoms with van der Waals surface area (Å²) in [6.45, 7) is 4.83. The molecule has 30 heavy (non-hydrogen) atoms. The topological polar surface area (TPSA) is 73.7 Å². The van der Waals surface area contributed by atoms with Gasteiger partial charge in [-0.3, -0.25) is 9.59 Å². The largest absolute Gasteiger partial charge is 0.454 e. The first-order chi connectivity index (χ1) is 14.6. The summed E-state index contributed by atoms with van der Waals surface area (Å²) in [6.07, 6.45) is 0. The molecule has 2 heterocycles. The van der Waals surface area contributed by atoms with E-state index in [-0.39, 0.29) is 18.3 Å². The van der Waals surface area contributed by atoms with Gasteiger partial charge in [-0.2, -0.15) is 5.10 Å². The number of hydrogen-bond acceptors (Lipinski definition) is 5. The Labute approximate surface area is 174 Å². The van der Waals surface area contributed by atoms with Gasteiger partial charge in [0.2, 0.25) is 12.7 Å². The zero-order valence-corrected chi connectivity index (χ0v) is 16.9. The molecule has 7 heteroatoms. The second-order valence-electron chi connectivity index (χ2n) is 7.08. The third kappa shape index (κ3) is 3.91. The molecule has 0 bridgehead atoms. The van der Waals surface area contributed by atoms with Gasteiger partial charge < -0.3 is 14.4 Å². The van der Waals surface area contributed by atoms with Crippen LogP contribution < -0.4 is 15.0 Å². The summed E-state index contributed by atoms with van der Waals surface area (Å²) in [5.41, 5.74) is 2.08. The zero-order valence-electron chi connectivity index (χ0n) is 16.9. The lowest BCUT2D eigenvalue weighted by Crippen LogP contribution is -2.39. The lowest BCUT2D eigenvalue weighted by atomic mass is 10.1. The number of hydrogen-bond donors (Lipinski definition) is 0. The standard InChI is InChI=1S/C23H23N3O4/c1-3-25(14-17-7-5-4-6-8-17)23(28)16(2)26-22(27)12-10-19(24-26)18-9-11-20-21(13-18)30-15-29-20/h4-13,16H,3,14-15H2,1-2H3. The van der Waals surface area contributed by atoms with E-state index in [0.717, 1.165) is 11.1 Å². The molecule has 154 valence electrons. The Kier molecular flexibility index (Phi) is 5.52. The highest BCUT2D eigenvalue weighted by Crippen LogP contribution is 2.35. The molecular formula is C23H23N3O4. The molecule has 0 spiro atoms. The van der Waals surface area contributed by atoms with Crippen molar-refractivity contribution in [3.8, 4) is 22.8 Å². The monoisotopic (exact) mass is 405 g/mol. The summed E-state index contributed by atoms with van der Waals surface area (Å²) in [6, 6.07) is 17.6. The van der Waals surface area contributed by atoms with E-state index in [0.29, 0.717) is 30.3 Å². The van der Waals surface area contributed by atoms with Crippen LogP contribution >= 0.6 is 0 Å². The SMILES string of the molecule is CCN(Cc1ccccc1)C(=O)C(C)n1nc(-c2ccc3c(c2)OCO3)ccc1=O. The van der Waals surface area contributed by atoms with Crippen LogP contribution in [0.4, 0.5) is 0 Å². The number of amides is 1. The van der Waals surface area contributed by atoms with E-state index in [4.69, 9.17) is 9.47 Å². The molecule has 0 N–H and O–H groups in total. The van der Waals surface area contributed by atoms with Gasteiger partial charge in [-0.15, -0.1) is 0 Å². The van der Waals surface area contributed by atoms with Crippen LogP contribution in [0.1, 0.15) is 25.5 Å². The number of benzene rings is 2. The van der Waals surface area contributed by atoms with Crippen LogP contribution in [-0.4, -0.2) is 33.9 Å². The van der Waals surface area contributed by atoms with E-state index in [1.165, 1.54) is 10.7 Å². The summed E-state index contributed by atoms with van der Waals surface area (Å²) in [4.78, 5) is 27.3. The number of likely N-dealkylation sites (N-methyl/N-ethyl adjacent to an activating group) is 1. The van der Waals surface area contributed by atoms with Crippen LogP contribution in [0.15, 0.2) is 65.5 Å². The molecular weight excluding hydrogens is 382 g/mol. The number of carbonyl (C=O) groups excluding carboxylic acids is 1. The predicted octanol–water partition coefficient (Wildman–Crippen LogP) is 3.25. The maximum Gasteiger partial charge on any atom is 0.267 e. The predicted molar refractivity (Wildman–Crippen MR) is 112 cm³/mol. The van der Waals surface area contributed by atoms with Crippen LogP contribution in [-0.2, 0) is 11.3 Å². The number of nitrogens with zero attached hydrogens (tertiary/aromatic N) is 3. The number of ether oxygens (including phenoxy) is 2. The van der Waals surface area contributed by atoms with Gasteiger partial charge in [0, 0.05) is 24.7 Å². The average Bonchev–Trinajstić information content (AvgIpc) is 3.25. The molecule has 1 amide bonds. The third-order valence-corrected chi connectivity index (χ3v) is 5.13. The molecule has 1 aliphatic heterocycles. The van der Waals surface area contributed by atoms with E-state index in [1.807, 2.05) is 55.5 Å². The molecule has 1 aliphatic rings. The molecule has 3 aromatic rings. The lowest BCUT2D eigenvalue weighted by Gasteiger charge is -2.25. The smallest absolute Gasteiger partial charge is 0.267 e. The molecule has 4 rings (SSSR count). The summed E-state index contributed by atoms with van der Waals surface area (Å²) in [5.74, 6) is 1.16. The van der Waals surface area contributed by atoms with Crippen LogP contribution in [0.2, 0.25) is 0 Å². The molecule has 0 radical (unpaired) electrons. The molecule has 7 nitrogen and oxygen atoms in total. The van der Waals surface area contributed by atoms with Crippen molar-refractivity contribution in [2.45, 2.75) is 26.4 Å². The molecule has 0 saturated carbocycles. The summed E-state index contributed by atoms with van der Waals surface area (Å²) < 4.78 is 12.0. The molecule has 0 aliphatic carbocycles. The van der Waals surface area contributed by atoms with Crippen molar-refractivity contribution in [3.63, 3.8) is 0 Å². The Morgan fingerprint density at radius 3 is 2.63 bits per heavy atom. The molecule has 2 aromatic carbocycles. The van der Waals surface area contributed by atoms with Crippen LogP contribution in [0.25, 0.3) is 11.3 Å². The first kappa shape index (κ1) is 19.7. The summed E-state index contributed by atoms with van der Waals surface area (Å²) >= 11 is 0. The highest BCUT2D eigenvalue weighted by Gasteiger charge is 2.23. The summed E-state index contributed by atoms with van der Waals surface area (Å²) in [7, 11) is 0. The molecule has 0 saturated heterocycles. The second kappa shape index (κ2) is 8.41. The van der Waals surface area contributed by atoms with E-state index in [2.05, 4.69) is 5.10 Å². The molecule has 1 aromatic heterocycles. The van der Waals surface area contributed by atoms with Gasteiger partial charge in [-0.25, -0.2) is 4.68 Å². The van der Waals surface area contributed by atoms with Gasteiger partial charge in [0.15, 0.2) is 11.5 Å². The number of carbonyl (C=O) groups is 1. The maximum absolute atomic E-state index is 13.1. The van der Waals surface area contributed by atoms with Crippen LogP contribution in [0.5, 0.6) is 11.5 Å². The minimum Gasteiger partial charge on any atom is -0.454 e. The normalized spacial score (nSPS) is 13.1. The van der Waals surface area contributed by atoms with Crippen molar-refractivity contribution in [3.05, 3.63) is 76.6 Å². The van der Waals surface area contributed by atoms with Gasteiger partial charge in [-0.1, -0.05) is 30.3 Å². The van der Waals surface area contributed by atoms with Crippen molar-refractivity contribution in [2.24, 2.45) is 0 Å². The van der Waals surface area contributed by atoms with Gasteiger partial charge in [0.25, 0.3) is 5.56 Å². The van der Waals surface area contributed by atoms with Crippen LogP contribution in [0.3, 0.4) is 0 Å². The van der Waals surface area contributed by atoms with E-state index >= 15 is 0 Å². The molecule has 1 atom stereocenters. The fourth-order valence-electron chi connectivity index (χ4n) is 3.43. The van der Waals surface area contributed by atoms with E-state index < -0.39 is 6.04 Å². The van der Waals surface area contributed by atoms with Crippen molar-refractivity contribution >= 4 is 5.91 Å². The second-order valence-corrected chi connectivity index (χ2v) is 7.08. The quantitative estimate of drug-likeness (QED) is 0.629.